The Labute approximate surface area is 126 Å². The monoisotopic (exact) mass is 279 g/mol. The molecule has 0 aliphatic rings. The molecule has 0 saturated heterocycles. The quantitative estimate of drug-likeness (QED) is 0.632. The third-order valence-electron chi connectivity index (χ3n) is 3.39. The Bertz CT molecular complexity index is 548. The SMILES string of the molecule is C=CC[C@@H](O)[C@H](C)N=C(c1ccccc1)c1ccccc1. The third-order valence-corrected chi connectivity index (χ3v) is 3.39. The van der Waals surface area contributed by atoms with Crippen molar-refractivity contribution in [1.29, 1.82) is 0 Å². The molecule has 2 nitrogen and oxygen atoms in total. The van der Waals surface area contributed by atoms with E-state index in [1.807, 2.05) is 67.6 Å². The summed E-state index contributed by atoms with van der Waals surface area (Å²) in [5.74, 6) is 0. The van der Waals surface area contributed by atoms with Crippen molar-refractivity contribution in [2.45, 2.75) is 25.5 Å². The van der Waals surface area contributed by atoms with Crippen LogP contribution in [0.15, 0.2) is 78.3 Å². The molecule has 0 spiro atoms. The molecule has 0 bridgehead atoms. The van der Waals surface area contributed by atoms with Crippen molar-refractivity contribution in [3.63, 3.8) is 0 Å². The molecule has 0 aromatic heterocycles. The molecule has 2 rings (SSSR count). The molecule has 0 fully saturated rings. The second-order valence-electron chi connectivity index (χ2n) is 5.04. The largest absolute Gasteiger partial charge is 0.391 e. The van der Waals surface area contributed by atoms with E-state index >= 15 is 0 Å². The van der Waals surface area contributed by atoms with E-state index in [9.17, 15) is 5.11 Å². The summed E-state index contributed by atoms with van der Waals surface area (Å²) in [6.45, 7) is 5.60. The van der Waals surface area contributed by atoms with Crippen molar-refractivity contribution < 1.29 is 5.11 Å². The van der Waals surface area contributed by atoms with E-state index in [2.05, 4.69) is 6.58 Å². The smallest absolute Gasteiger partial charge is 0.0795 e. The molecule has 108 valence electrons. The van der Waals surface area contributed by atoms with Gasteiger partial charge in [-0.25, -0.2) is 0 Å². The topological polar surface area (TPSA) is 32.6 Å². The van der Waals surface area contributed by atoms with E-state index < -0.39 is 6.10 Å². The van der Waals surface area contributed by atoms with Crippen molar-refractivity contribution in [3.8, 4) is 0 Å². The lowest BCUT2D eigenvalue weighted by molar-refractivity contribution is 0.155. The minimum atomic E-state index is -0.509. The summed E-state index contributed by atoms with van der Waals surface area (Å²) in [7, 11) is 0. The van der Waals surface area contributed by atoms with Crippen LogP contribution in [-0.4, -0.2) is 23.0 Å². The molecule has 0 amide bonds. The van der Waals surface area contributed by atoms with Gasteiger partial charge in [0.05, 0.1) is 17.9 Å². The lowest BCUT2D eigenvalue weighted by Crippen LogP contribution is -2.22. The Morgan fingerprint density at radius 3 is 1.95 bits per heavy atom. The summed E-state index contributed by atoms with van der Waals surface area (Å²) in [5, 5.41) is 10.1. The van der Waals surface area contributed by atoms with Gasteiger partial charge in [0.25, 0.3) is 0 Å². The second-order valence-corrected chi connectivity index (χ2v) is 5.04. The third kappa shape index (κ3) is 4.14. The zero-order chi connectivity index (χ0) is 15.1. The van der Waals surface area contributed by atoms with Crippen molar-refractivity contribution in [1.82, 2.24) is 0 Å². The highest BCUT2D eigenvalue weighted by Gasteiger charge is 2.14. The number of hydrogen-bond acceptors (Lipinski definition) is 2. The molecule has 2 atom stereocenters. The Balaban J connectivity index is 2.39. The molecule has 2 aromatic carbocycles. The van der Waals surface area contributed by atoms with Gasteiger partial charge in [0, 0.05) is 11.1 Å². The molecule has 0 aliphatic carbocycles. The average molecular weight is 279 g/mol. The first-order chi connectivity index (χ1) is 10.2. The molecule has 21 heavy (non-hydrogen) atoms. The van der Waals surface area contributed by atoms with E-state index in [4.69, 9.17) is 4.99 Å². The maximum absolute atomic E-state index is 10.1. The molecule has 2 aromatic rings. The minimum absolute atomic E-state index is 0.182. The summed E-state index contributed by atoms with van der Waals surface area (Å²) < 4.78 is 0. The second kappa shape index (κ2) is 7.55. The maximum Gasteiger partial charge on any atom is 0.0795 e. The van der Waals surface area contributed by atoms with Crippen LogP contribution in [0.2, 0.25) is 0 Å². The van der Waals surface area contributed by atoms with Gasteiger partial charge in [0.2, 0.25) is 0 Å². The van der Waals surface area contributed by atoms with Gasteiger partial charge < -0.3 is 5.11 Å². The van der Waals surface area contributed by atoms with Gasteiger partial charge in [0.1, 0.15) is 0 Å². The van der Waals surface area contributed by atoms with E-state index in [-0.39, 0.29) is 6.04 Å². The summed E-state index contributed by atoms with van der Waals surface area (Å²) >= 11 is 0. The van der Waals surface area contributed by atoms with Gasteiger partial charge in [-0.1, -0.05) is 66.7 Å². The zero-order valence-electron chi connectivity index (χ0n) is 12.3. The van der Waals surface area contributed by atoms with Crippen LogP contribution in [0.25, 0.3) is 0 Å². The van der Waals surface area contributed by atoms with Gasteiger partial charge in [0.15, 0.2) is 0 Å². The van der Waals surface area contributed by atoms with Crippen LogP contribution in [0, 0.1) is 0 Å². The first-order valence-corrected chi connectivity index (χ1v) is 7.20. The lowest BCUT2D eigenvalue weighted by Gasteiger charge is -2.16. The molecule has 1 N–H and O–H groups in total. The molecular weight excluding hydrogens is 258 g/mol. The molecule has 0 heterocycles. The van der Waals surface area contributed by atoms with Gasteiger partial charge >= 0.3 is 0 Å². The predicted molar refractivity (Wildman–Crippen MR) is 88.8 cm³/mol. The Hall–Kier alpha value is -2.19. The number of aliphatic imine (C=N–C) groups is 1. The van der Waals surface area contributed by atoms with Crippen LogP contribution in [0.1, 0.15) is 24.5 Å². The average Bonchev–Trinajstić information content (AvgIpc) is 2.54. The maximum atomic E-state index is 10.1. The summed E-state index contributed by atoms with van der Waals surface area (Å²) in [4.78, 5) is 4.75. The normalized spacial score (nSPS) is 13.2. The van der Waals surface area contributed by atoms with Gasteiger partial charge in [-0.15, -0.1) is 6.58 Å². The van der Waals surface area contributed by atoms with Gasteiger partial charge in [-0.3, -0.25) is 4.99 Å². The number of rotatable bonds is 6. The highest BCUT2D eigenvalue weighted by atomic mass is 16.3. The summed E-state index contributed by atoms with van der Waals surface area (Å²) in [5.41, 5.74) is 3.02. The van der Waals surface area contributed by atoms with Gasteiger partial charge in [-0.2, -0.15) is 0 Å². The van der Waals surface area contributed by atoms with Crippen LogP contribution < -0.4 is 0 Å². The fourth-order valence-corrected chi connectivity index (χ4v) is 2.17. The minimum Gasteiger partial charge on any atom is -0.391 e. The number of benzene rings is 2. The van der Waals surface area contributed by atoms with Gasteiger partial charge in [-0.05, 0) is 13.3 Å². The van der Waals surface area contributed by atoms with Crippen molar-refractivity contribution in [3.05, 3.63) is 84.4 Å². The Kier molecular flexibility index (Phi) is 5.47. The molecule has 0 radical (unpaired) electrons. The Morgan fingerprint density at radius 2 is 1.52 bits per heavy atom. The van der Waals surface area contributed by atoms with E-state index in [1.54, 1.807) is 6.08 Å². The van der Waals surface area contributed by atoms with Crippen LogP contribution in [-0.2, 0) is 0 Å². The number of aliphatic hydroxyl groups is 1. The standard InChI is InChI=1S/C19H21NO/c1-3-10-18(21)15(2)20-19(16-11-6-4-7-12-16)17-13-8-5-9-14-17/h3-9,11-15,18,21H,1,10H2,2H3/t15-,18+/m0/s1. The highest BCUT2D eigenvalue weighted by Crippen LogP contribution is 2.14. The van der Waals surface area contributed by atoms with Crippen LogP contribution in [0.5, 0.6) is 0 Å². The highest BCUT2D eigenvalue weighted by molar-refractivity contribution is 6.12. The van der Waals surface area contributed by atoms with E-state index in [1.165, 1.54) is 0 Å². The summed E-state index contributed by atoms with van der Waals surface area (Å²) in [6, 6.07) is 19.9. The summed E-state index contributed by atoms with van der Waals surface area (Å²) in [6.07, 6.45) is 1.76. The van der Waals surface area contributed by atoms with E-state index in [0.717, 1.165) is 16.8 Å². The number of aliphatic hydroxyl groups excluding tert-OH is 1. The van der Waals surface area contributed by atoms with Crippen LogP contribution in [0.3, 0.4) is 0 Å². The van der Waals surface area contributed by atoms with E-state index in [0.29, 0.717) is 6.42 Å². The first kappa shape index (κ1) is 15.2. The number of nitrogens with zero attached hydrogens (tertiary/aromatic N) is 1. The predicted octanol–water partition coefficient (Wildman–Crippen LogP) is 3.85. The molecule has 0 saturated carbocycles. The molecular formula is C19H21NO. The Morgan fingerprint density at radius 1 is 1.05 bits per heavy atom. The molecule has 2 heteroatoms. The first-order valence-electron chi connectivity index (χ1n) is 7.20. The molecule has 0 unspecified atom stereocenters. The van der Waals surface area contributed by atoms with Crippen LogP contribution >= 0.6 is 0 Å². The zero-order valence-corrected chi connectivity index (χ0v) is 12.3. The molecule has 0 aliphatic heterocycles. The fourth-order valence-electron chi connectivity index (χ4n) is 2.17. The lowest BCUT2D eigenvalue weighted by atomic mass is 10.0. The van der Waals surface area contributed by atoms with Crippen LogP contribution in [0.4, 0.5) is 0 Å². The van der Waals surface area contributed by atoms with Crippen molar-refractivity contribution >= 4 is 5.71 Å². The number of hydrogen-bond donors (Lipinski definition) is 1. The van der Waals surface area contributed by atoms with Crippen molar-refractivity contribution in [2.24, 2.45) is 4.99 Å². The van der Waals surface area contributed by atoms with Crippen molar-refractivity contribution in [2.75, 3.05) is 0 Å². The fraction of sp³-hybridized carbons (Fsp3) is 0.211.